The first kappa shape index (κ1) is 27.8. The van der Waals surface area contributed by atoms with Crippen LogP contribution < -0.4 is 20.7 Å². The van der Waals surface area contributed by atoms with Crippen molar-refractivity contribution >= 4 is 61.3 Å². The largest absolute Gasteiger partial charge is 0.487 e. The van der Waals surface area contributed by atoms with Crippen LogP contribution in [0.3, 0.4) is 0 Å². The first-order valence-electron chi connectivity index (χ1n) is 12.2. The van der Waals surface area contributed by atoms with Crippen molar-refractivity contribution in [3.63, 3.8) is 0 Å². The molecule has 3 aromatic carbocycles. The van der Waals surface area contributed by atoms with Gasteiger partial charge in [-0.05, 0) is 53.6 Å². The van der Waals surface area contributed by atoms with E-state index in [9.17, 15) is 12.8 Å². The summed E-state index contributed by atoms with van der Waals surface area (Å²) >= 11 is 7.98. The van der Waals surface area contributed by atoms with Crippen LogP contribution in [0.15, 0.2) is 83.6 Å². The summed E-state index contributed by atoms with van der Waals surface area (Å²) < 4.78 is 41.8. The molecule has 0 fully saturated rings. The minimum Gasteiger partial charge on any atom is -0.487 e. The monoisotopic (exact) mass is 597 g/mol. The highest BCUT2D eigenvalue weighted by Crippen LogP contribution is 2.34. The lowest BCUT2D eigenvalue weighted by Crippen LogP contribution is -2.19. The summed E-state index contributed by atoms with van der Waals surface area (Å²) in [6, 6.07) is 17.4. The fraction of sp³-hybridized carbons (Fsp3) is 0.143. The lowest BCUT2D eigenvalue weighted by atomic mass is 10.1. The molecule has 1 aliphatic heterocycles. The summed E-state index contributed by atoms with van der Waals surface area (Å²) in [5.74, 6) is 0.845. The van der Waals surface area contributed by atoms with Crippen molar-refractivity contribution in [1.82, 2.24) is 20.6 Å². The molecule has 1 aliphatic rings. The minimum absolute atomic E-state index is 0.0675. The molecule has 0 radical (unpaired) electrons. The number of nitrogens with one attached hydrogen (secondary N) is 3. The lowest BCUT2D eigenvalue weighted by Gasteiger charge is -2.13. The molecule has 8 nitrogen and oxygen atoms in total. The van der Waals surface area contributed by atoms with Gasteiger partial charge in [0, 0.05) is 35.5 Å². The second kappa shape index (κ2) is 12.2. The van der Waals surface area contributed by atoms with Crippen LogP contribution >= 0.6 is 23.4 Å². The number of rotatable bonds is 10. The van der Waals surface area contributed by atoms with Gasteiger partial charge in [-0.25, -0.2) is 22.8 Å². The SMILES string of the molecule is CS(=O)(=O)CCNC=C1NC(c2ccc3ncnc(Nc4ccc(OCc5cccc(F)c5)c(Cl)c4)c3c2)=CS1. The first-order chi connectivity index (χ1) is 19.2. The van der Waals surface area contributed by atoms with Crippen LogP contribution in [0.1, 0.15) is 11.1 Å². The molecule has 40 heavy (non-hydrogen) atoms. The summed E-state index contributed by atoms with van der Waals surface area (Å²) in [5.41, 5.74) is 4.04. The normalized spacial score (nSPS) is 14.2. The Morgan fingerprint density at radius 2 is 2.00 bits per heavy atom. The summed E-state index contributed by atoms with van der Waals surface area (Å²) in [6.07, 6.45) is 4.48. The van der Waals surface area contributed by atoms with E-state index in [0.717, 1.165) is 27.2 Å². The maximum absolute atomic E-state index is 13.4. The van der Waals surface area contributed by atoms with Crippen molar-refractivity contribution in [1.29, 1.82) is 0 Å². The maximum Gasteiger partial charge on any atom is 0.149 e. The van der Waals surface area contributed by atoms with Crippen molar-refractivity contribution in [3.8, 4) is 5.75 Å². The number of hydrogen-bond donors (Lipinski definition) is 3. The third kappa shape index (κ3) is 7.23. The Labute approximate surface area is 240 Å². The second-order valence-corrected chi connectivity index (χ2v) is 12.6. The van der Waals surface area contributed by atoms with Gasteiger partial charge in [-0.15, -0.1) is 0 Å². The van der Waals surface area contributed by atoms with E-state index in [1.54, 1.807) is 30.5 Å². The van der Waals surface area contributed by atoms with E-state index < -0.39 is 9.84 Å². The minimum atomic E-state index is -3.02. The van der Waals surface area contributed by atoms with Gasteiger partial charge < -0.3 is 20.7 Å². The van der Waals surface area contributed by atoms with Gasteiger partial charge in [-0.2, -0.15) is 0 Å². The number of aromatic nitrogens is 2. The van der Waals surface area contributed by atoms with Crippen LogP contribution in [0.4, 0.5) is 15.9 Å². The van der Waals surface area contributed by atoms with Gasteiger partial charge in [0.15, 0.2) is 0 Å². The number of fused-ring (bicyclic) bond motifs is 1. The van der Waals surface area contributed by atoms with Gasteiger partial charge in [-0.1, -0.05) is 41.6 Å². The van der Waals surface area contributed by atoms with Gasteiger partial charge >= 0.3 is 0 Å². The number of nitrogens with zero attached hydrogens (tertiary/aromatic N) is 2. The quantitative estimate of drug-likeness (QED) is 0.195. The Morgan fingerprint density at radius 3 is 2.80 bits per heavy atom. The van der Waals surface area contributed by atoms with E-state index in [-0.39, 0.29) is 18.2 Å². The van der Waals surface area contributed by atoms with Crippen LogP contribution in [0, 0.1) is 5.82 Å². The molecule has 0 atom stereocenters. The Kier molecular flexibility index (Phi) is 8.43. The molecule has 0 saturated heterocycles. The molecule has 0 saturated carbocycles. The Bertz CT molecular complexity index is 1730. The van der Waals surface area contributed by atoms with Gasteiger partial charge in [0.25, 0.3) is 0 Å². The third-order valence-corrected chi connectivity index (χ3v) is 7.90. The van der Waals surface area contributed by atoms with Crippen LogP contribution in [-0.2, 0) is 16.4 Å². The fourth-order valence-electron chi connectivity index (χ4n) is 3.88. The lowest BCUT2D eigenvalue weighted by molar-refractivity contribution is 0.306. The zero-order chi connectivity index (χ0) is 28.1. The molecule has 206 valence electrons. The van der Waals surface area contributed by atoms with Crippen molar-refractivity contribution in [3.05, 3.63) is 106 Å². The smallest absolute Gasteiger partial charge is 0.149 e. The highest BCUT2D eigenvalue weighted by atomic mass is 35.5. The molecule has 12 heteroatoms. The number of benzene rings is 3. The molecule has 5 rings (SSSR count). The maximum atomic E-state index is 13.4. The van der Waals surface area contributed by atoms with E-state index in [1.807, 2.05) is 29.7 Å². The number of thioether (sulfide) groups is 1. The Balaban J connectivity index is 1.28. The van der Waals surface area contributed by atoms with Crippen molar-refractivity contribution in [2.45, 2.75) is 6.61 Å². The molecule has 0 spiro atoms. The fourth-order valence-corrected chi connectivity index (χ4v) is 5.36. The zero-order valence-corrected chi connectivity index (χ0v) is 23.7. The van der Waals surface area contributed by atoms with Crippen molar-refractivity contribution in [2.24, 2.45) is 0 Å². The summed E-state index contributed by atoms with van der Waals surface area (Å²) in [4.78, 5) is 8.83. The Hall–Kier alpha value is -3.80. The predicted octanol–water partition coefficient (Wildman–Crippen LogP) is 5.81. The van der Waals surface area contributed by atoms with E-state index in [1.165, 1.54) is 36.5 Å². The van der Waals surface area contributed by atoms with Crippen LogP contribution in [0.5, 0.6) is 5.75 Å². The average molecular weight is 598 g/mol. The third-order valence-electron chi connectivity index (χ3n) is 5.84. The Morgan fingerprint density at radius 1 is 1.12 bits per heavy atom. The molecular weight excluding hydrogens is 573 g/mol. The molecule has 0 unspecified atom stereocenters. The van der Waals surface area contributed by atoms with Gasteiger partial charge in [0.05, 0.1) is 27.0 Å². The number of anilines is 2. The first-order valence-corrected chi connectivity index (χ1v) is 15.5. The van der Waals surface area contributed by atoms with Crippen LogP contribution in [0.2, 0.25) is 5.02 Å². The number of hydrogen-bond acceptors (Lipinski definition) is 9. The van der Waals surface area contributed by atoms with Gasteiger partial charge in [-0.3, -0.25) is 0 Å². The zero-order valence-electron chi connectivity index (χ0n) is 21.3. The molecule has 1 aromatic heterocycles. The van der Waals surface area contributed by atoms with E-state index in [0.29, 0.717) is 34.4 Å². The summed E-state index contributed by atoms with van der Waals surface area (Å²) in [5, 5.41) is 13.8. The summed E-state index contributed by atoms with van der Waals surface area (Å²) in [6.45, 7) is 0.533. The van der Waals surface area contributed by atoms with Crippen molar-refractivity contribution < 1.29 is 17.5 Å². The molecule has 0 aliphatic carbocycles. The topological polar surface area (TPSA) is 105 Å². The highest BCUT2D eigenvalue weighted by molar-refractivity contribution is 8.06. The van der Waals surface area contributed by atoms with Gasteiger partial charge in [0.2, 0.25) is 0 Å². The highest BCUT2D eigenvalue weighted by Gasteiger charge is 2.14. The van der Waals surface area contributed by atoms with Gasteiger partial charge in [0.1, 0.15) is 40.2 Å². The van der Waals surface area contributed by atoms with E-state index >= 15 is 0 Å². The summed E-state index contributed by atoms with van der Waals surface area (Å²) in [7, 11) is -3.02. The molecule has 0 bridgehead atoms. The number of ether oxygens (including phenoxy) is 1. The number of halogens is 2. The average Bonchev–Trinajstić information content (AvgIpc) is 3.39. The number of sulfone groups is 1. The molecule has 3 N–H and O–H groups in total. The molecule has 0 amide bonds. The van der Waals surface area contributed by atoms with E-state index in [2.05, 4.69) is 25.9 Å². The van der Waals surface area contributed by atoms with Crippen LogP contribution in [0.25, 0.3) is 16.6 Å². The standard InChI is InChI=1S/C28H25ClFN5O3S2/c1-40(36,37)10-9-31-14-27-35-25(16-39-27)19-5-7-24-22(12-19)28(33-17-32-24)34-21-6-8-26(23(29)13-21)38-15-18-3-2-4-20(30)11-18/h2-8,11-14,16-17,31,35H,9-10,15H2,1H3,(H,32,33,34). The molecule has 2 heterocycles. The molecular formula is C28H25ClFN5O3S2. The van der Waals surface area contributed by atoms with Crippen LogP contribution in [-0.4, -0.2) is 36.9 Å². The predicted molar refractivity (Wildman–Crippen MR) is 160 cm³/mol. The second-order valence-electron chi connectivity index (χ2n) is 9.01. The molecule has 4 aromatic rings. The van der Waals surface area contributed by atoms with E-state index in [4.69, 9.17) is 16.3 Å². The van der Waals surface area contributed by atoms with Crippen molar-refractivity contribution in [2.75, 3.05) is 23.9 Å².